The molecule has 156 valence electrons. The van der Waals surface area contributed by atoms with Crippen LogP contribution >= 0.6 is 0 Å². The monoisotopic (exact) mass is 418 g/mol. The number of nitrogens with zero attached hydrogens (tertiary/aromatic N) is 2. The van der Waals surface area contributed by atoms with Crippen molar-refractivity contribution in [3.05, 3.63) is 101 Å². The minimum atomic E-state index is -0.843. The number of carbonyl (C=O) groups is 2. The van der Waals surface area contributed by atoms with E-state index in [-0.39, 0.29) is 23.4 Å². The van der Waals surface area contributed by atoms with Crippen molar-refractivity contribution in [2.75, 3.05) is 7.11 Å². The Hall–Kier alpha value is -4.00. The lowest BCUT2D eigenvalue weighted by Crippen LogP contribution is -2.29. The summed E-state index contributed by atoms with van der Waals surface area (Å²) in [6.45, 7) is 0.127. The molecule has 31 heavy (non-hydrogen) atoms. The van der Waals surface area contributed by atoms with E-state index in [1.54, 1.807) is 49.8 Å². The van der Waals surface area contributed by atoms with Gasteiger partial charge in [0.1, 0.15) is 17.3 Å². The number of methoxy groups -OCH3 is 1. The van der Waals surface area contributed by atoms with Crippen molar-refractivity contribution in [1.82, 2.24) is 9.88 Å². The van der Waals surface area contributed by atoms with Gasteiger partial charge in [-0.2, -0.15) is 0 Å². The fourth-order valence-corrected chi connectivity index (χ4v) is 3.66. The number of aromatic nitrogens is 1. The van der Waals surface area contributed by atoms with Crippen LogP contribution in [0.15, 0.2) is 78.6 Å². The quantitative estimate of drug-likeness (QED) is 0.387. The van der Waals surface area contributed by atoms with E-state index in [2.05, 4.69) is 4.98 Å². The van der Waals surface area contributed by atoms with Crippen LogP contribution in [0.1, 0.15) is 22.7 Å². The fourth-order valence-electron chi connectivity index (χ4n) is 3.66. The smallest absolute Gasteiger partial charge is 0.295 e. The van der Waals surface area contributed by atoms with Crippen molar-refractivity contribution in [3.8, 4) is 5.75 Å². The molecule has 7 heteroatoms. The van der Waals surface area contributed by atoms with Crippen LogP contribution in [-0.2, 0) is 16.1 Å². The highest BCUT2D eigenvalue weighted by Gasteiger charge is 2.46. The second kappa shape index (κ2) is 8.39. The van der Waals surface area contributed by atoms with Crippen molar-refractivity contribution in [2.24, 2.45) is 0 Å². The first kappa shape index (κ1) is 20.3. The molecule has 0 aliphatic carbocycles. The molecule has 1 amide bonds. The number of benzene rings is 2. The molecule has 0 saturated carbocycles. The number of hydrogen-bond acceptors (Lipinski definition) is 5. The van der Waals surface area contributed by atoms with E-state index in [0.717, 1.165) is 5.56 Å². The molecule has 3 aromatic rings. The summed E-state index contributed by atoms with van der Waals surface area (Å²) in [4.78, 5) is 31.4. The van der Waals surface area contributed by atoms with Gasteiger partial charge in [-0.3, -0.25) is 14.6 Å². The number of carbonyl (C=O) groups excluding carboxylic acids is 2. The zero-order chi connectivity index (χ0) is 22.0. The van der Waals surface area contributed by atoms with Crippen LogP contribution in [0.3, 0.4) is 0 Å². The van der Waals surface area contributed by atoms with Crippen LogP contribution < -0.4 is 4.74 Å². The highest BCUT2D eigenvalue weighted by atomic mass is 19.1. The van der Waals surface area contributed by atoms with Gasteiger partial charge < -0.3 is 14.7 Å². The molecule has 1 aliphatic rings. The standard InChI is InChI=1S/C24H19FN2O4/c1-31-19-6-2-4-15(12-19)14-27-21(17-5-3-11-26-13-17)20(23(29)24(27)30)22(28)16-7-9-18(25)10-8-16/h2-13,21,28H,14H2,1H3/b22-20-. The molecule has 2 aromatic carbocycles. The van der Waals surface area contributed by atoms with Gasteiger partial charge in [-0.15, -0.1) is 0 Å². The number of ether oxygens (including phenoxy) is 1. The lowest BCUT2D eigenvalue weighted by molar-refractivity contribution is -0.140. The summed E-state index contributed by atoms with van der Waals surface area (Å²) in [6.07, 6.45) is 3.13. The molecule has 0 bridgehead atoms. The topological polar surface area (TPSA) is 79.7 Å². The van der Waals surface area contributed by atoms with Crippen LogP contribution in [0, 0.1) is 5.82 Å². The number of aliphatic hydroxyl groups excluding tert-OH is 1. The number of amides is 1. The third-order valence-electron chi connectivity index (χ3n) is 5.14. The minimum Gasteiger partial charge on any atom is -0.507 e. The second-order valence-electron chi connectivity index (χ2n) is 7.07. The van der Waals surface area contributed by atoms with Gasteiger partial charge in [0.15, 0.2) is 0 Å². The summed E-state index contributed by atoms with van der Waals surface area (Å²) in [5, 5.41) is 10.9. The first-order valence-corrected chi connectivity index (χ1v) is 9.57. The Balaban J connectivity index is 1.83. The van der Waals surface area contributed by atoms with Crippen molar-refractivity contribution < 1.29 is 23.8 Å². The molecule has 0 radical (unpaired) electrons. The SMILES string of the molecule is COc1cccc(CN2C(=O)C(=O)/C(=C(\O)c3ccc(F)cc3)C2c2cccnc2)c1. The van der Waals surface area contributed by atoms with Gasteiger partial charge in [0.2, 0.25) is 0 Å². The van der Waals surface area contributed by atoms with Crippen LogP contribution in [0.4, 0.5) is 4.39 Å². The van der Waals surface area contributed by atoms with Gasteiger partial charge in [-0.1, -0.05) is 18.2 Å². The lowest BCUT2D eigenvalue weighted by atomic mass is 9.96. The molecule has 1 unspecified atom stereocenters. The molecular weight excluding hydrogens is 399 g/mol. The fraction of sp³-hybridized carbons (Fsp3) is 0.125. The normalized spacial score (nSPS) is 17.7. The maximum Gasteiger partial charge on any atom is 0.295 e. The van der Waals surface area contributed by atoms with Gasteiger partial charge >= 0.3 is 0 Å². The molecule has 1 atom stereocenters. The van der Waals surface area contributed by atoms with E-state index >= 15 is 0 Å². The number of ketones is 1. The Bertz CT molecular complexity index is 1160. The highest BCUT2D eigenvalue weighted by molar-refractivity contribution is 6.46. The molecule has 4 rings (SSSR count). The first-order valence-electron chi connectivity index (χ1n) is 9.57. The number of Topliss-reactive ketones (excluding diaryl/α,β-unsaturated/α-hetero) is 1. The molecule has 0 spiro atoms. The van der Waals surface area contributed by atoms with E-state index in [1.165, 1.54) is 29.2 Å². The van der Waals surface area contributed by atoms with E-state index in [0.29, 0.717) is 11.3 Å². The Morgan fingerprint density at radius 2 is 1.90 bits per heavy atom. The molecule has 1 N–H and O–H groups in total. The van der Waals surface area contributed by atoms with Gasteiger partial charge in [-0.25, -0.2) is 4.39 Å². The maximum absolute atomic E-state index is 13.3. The summed E-state index contributed by atoms with van der Waals surface area (Å²) in [5.41, 5.74) is 1.52. The van der Waals surface area contributed by atoms with E-state index < -0.39 is 23.5 Å². The zero-order valence-corrected chi connectivity index (χ0v) is 16.7. The molecule has 1 fully saturated rings. The molecule has 2 heterocycles. The van der Waals surface area contributed by atoms with E-state index in [4.69, 9.17) is 4.74 Å². The van der Waals surface area contributed by atoms with Gasteiger partial charge in [0, 0.05) is 24.5 Å². The average molecular weight is 418 g/mol. The number of aliphatic hydroxyl groups is 1. The van der Waals surface area contributed by atoms with Gasteiger partial charge in [0.25, 0.3) is 11.7 Å². The molecule has 1 saturated heterocycles. The van der Waals surface area contributed by atoms with Crippen molar-refractivity contribution in [2.45, 2.75) is 12.6 Å². The summed E-state index contributed by atoms with van der Waals surface area (Å²) < 4.78 is 18.6. The predicted molar refractivity (Wildman–Crippen MR) is 111 cm³/mol. The number of likely N-dealkylation sites (tertiary alicyclic amines) is 1. The molecular formula is C24H19FN2O4. The Labute approximate surface area is 178 Å². The van der Waals surface area contributed by atoms with Gasteiger partial charge in [-0.05, 0) is 53.6 Å². The Morgan fingerprint density at radius 1 is 1.13 bits per heavy atom. The van der Waals surface area contributed by atoms with E-state index in [1.807, 2.05) is 6.07 Å². The van der Waals surface area contributed by atoms with Gasteiger partial charge in [0.05, 0.1) is 18.7 Å². The first-order chi connectivity index (χ1) is 15.0. The van der Waals surface area contributed by atoms with Crippen LogP contribution in [0.2, 0.25) is 0 Å². The summed E-state index contributed by atoms with van der Waals surface area (Å²) in [7, 11) is 1.55. The lowest BCUT2D eigenvalue weighted by Gasteiger charge is -2.25. The molecule has 1 aliphatic heterocycles. The van der Waals surface area contributed by atoms with Crippen LogP contribution in [0.5, 0.6) is 5.75 Å². The largest absolute Gasteiger partial charge is 0.507 e. The number of pyridine rings is 1. The van der Waals surface area contributed by atoms with Crippen molar-refractivity contribution >= 4 is 17.4 Å². The molecule has 1 aromatic heterocycles. The number of hydrogen-bond donors (Lipinski definition) is 1. The van der Waals surface area contributed by atoms with Crippen LogP contribution in [-0.4, -0.2) is 33.8 Å². The highest BCUT2D eigenvalue weighted by Crippen LogP contribution is 2.40. The minimum absolute atomic E-state index is 0.0625. The summed E-state index contributed by atoms with van der Waals surface area (Å²) in [5.74, 6) is -1.75. The zero-order valence-electron chi connectivity index (χ0n) is 16.7. The summed E-state index contributed by atoms with van der Waals surface area (Å²) >= 11 is 0. The third-order valence-corrected chi connectivity index (χ3v) is 5.14. The Kier molecular flexibility index (Phi) is 5.49. The average Bonchev–Trinajstić information content (AvgIpc) is 3.04. The van der Waals surface area contributed by atoms with Crippen LogP contribution in [0.25, 0.3) is 5.76 Å². The second-order valence-corrected chi connectivity index (χ2v) is 7.07. The van der Waals surface area contributed by atoms with Crippen molar-refractivity contribution in [3.63, 3.8) is 0 Å². The maximum atomic E-state index is 13.3. The number of halogens is 1. The summed E-state index contributed by atoms with van der Waals surface area (Å²) in [6, 6.07) is 14.8. The molecule has 6 nitrogen and oxygen atoms in total. The third kappa shape index (κ3) is 3.90. The van der Waals surface area contributed by atoms with E-state index in [9.17, 15) is 19.1 Å². The Morgan fingerprint density at radius 3 is 2.58 bits per heavy atom. The predicted octanol–water partition coefficient (Wildman–Crippen LogP) is 3.85. The van der Waals surface area contributed by atoms with Crippen molar-refractivity contribution in [1.29, 1.82) is 0 Å². The number of rotatable bonds is 5.